The van der Waals surface area contributed by atoms with Gasteiger partial charge >= 0.3 is 0 Å². The fourth-order valence-electron chi connectivity index (χ4n) is 6.88. The van der Waals surface area contributed by atoms with E-state index in [1.165, 1.54) is 6.07 Å². The van der Waals surface area contributed by atoms with Gasteiger partial charge < -0.3 is 19.3 Å². The molecule has 1 aromatic heterocycles. The molecule has 8 nitrogen and oxygen atoms in total. The number of carbonyl (C=O) groups excluding carboxylic acids is 1. The number of terminal acetylenes is 1. The molecule has 3 heterocycles. The lowest BCUT2D eigenvalue weighted by atomic mass is 9.62. The summed E-state index contributed by atoms with van der Waals surface area (Å²) >= 11 is 6.33. The number of hydrogen-bond acceptors (Lipinski definition) is 8. The molecule has 2 aliphatic carbocycles. The highest BCUT2D eigenvalue weighted by Gasteiger charge is 2.62. The number of halogens is 1. The predicted octanol–water partition coefficient (Wildman–Crippen LogP) is 3.70. The first-order valence-electron chi connectivity index (χ1n) is 13.3. The number of carbonyl (C=O) groups is 1. The first kappa shape index (κ1) is 25.9. The molecule has 2 aliphatic heterocycles. The molecule has 1 N–H and O–H groups in total. The molecule has 2 saturated heterocycles. The Bertz CT molecular complexity index is 1010. The van der Waals surface area contributed by atoms with Crippen molar-refractivity contribution in [3.8, 4) is 18.2 Å². The molecule has 196 valence electrons. The highest BCUT2D eigenvalue weighted by molar-refractivity contribution is 6.29. The second-order valence-electron chi connectivity index (χ2n) is 10.7. The van der Waals surface area contributed by atoms with Crippen molar-refractivity contribution >= 4 is 17.4 Å². The van der Waals surface area contributed by atoms with E-state index in [1.807, 2.05) is 7.05 Å². The topological polar surface area (TPSA) is 94.0 Å². The van der Waals surface area contributed by atoms with Gasteiger partial charge in [-0.1, -0.05) is 36.8 Å². The molecular formula is C27H36ClN3O5. The third-order valence-corrected chi connectivity index (χ3v) is 8.89. The number of likely N-dealkylation sites (N-methyl/N-ethyl adjacent to an activating group) is 1. The zero-order chi connectivity index (χ0) is 25.3. The zero-order valence-electron chi connectivity index (χ0n) is 21.0. The van der Waals surface area contributed by atoms with Crippen molar-refractivity contribution in [2.45, 2.75) is 88.2 Å². The van der Waals surface area contributed by atoms with E-state index in [9.17, 15) is 9.90 Å². The van der Waals surface area contributed by atoms with Crippen molar-refractivity contribution in [1.29, 1.82) is 0 Å². The van der Waals surface area contributed by atoms with E-state index in [0.717, 1.165) is 45.1 Å². The molecule has 4 fully saturated rings. The summed E-state index contributed by atoms with van der Waals surface area (Å²) in [6.45, 7) is 1.95. The minimum Gasteiger partial charge on any atom is -0.459 e. The average Bonchev–Trinajstić information content (AvgIpc) is 3.48. The highest BCUT2D eigenvalue weighted by Crippen LogP contribution is 2.56. The maximum Gasteiger partial charge on any atom is 0.219 e. The van der Waals surface area contributed by atoms with Crippen LogP contribution < -0.4 is 4.74 Å². The van der Waals surface area contributed by atoms with Gasteiger partial charge in [-0.25, -0.2) is 4.98 Å². The van der Waals surface area contributed by atoms with Crippen molar-refractivity contribution in [2.24, 2.45) is 11.3 Å². The fraction of sp³-hybridized carbons (Fsp3) is 0.741. The van der Waals surface area contributed by atoms with E-state index in [2.05, 4.69) is 20.8 Å². The minimum atomic E-state index is -1.22. The number of likely N-dealkylation sites (tertiary alicyclic amines) is 1. The molecule has 4 aliphatic rings. The van der Waals surface area contributed by atoms with Crippen LogP contribution in [0.4, 0.5) is 0 Å². The SMILES string of the molecule is C#C[C@H](Oc1cc(Cl)nc(C(O)C2CCCCC3(CCCCC34OCCO4)C2=O)n1)[C@@H]1CCCN1C. The molecule has 1 aromatic rings. The summed E-state index contributed by atoms with van der Waals surface area (Å²) in [6.07, 6.45) is 12.3. The van der Waals surface area contributed by atoms with Crippen molar-refractivity contribution in [1.82, 2.24) is 14.9 Å². The van der Waals surface area contributed by atoms with Crippen LogP contribution in [0.5, 0.6) is 5.88 Å². The average molecular weight is 518 g/mol. The van der Waals surface area contributed by atoms with Crippen LogP contribution in [0.3, 0.4) is 0 Å². The summed E-state index contributed by atoms with van der Waals surface area (Å²) < 4.78 is 18.4. The van der Waals surface area contributed by atoms with E-state index >= 15 is 0 Å². The first-order valence-corrected chi connectivity index (χ1v) is 13.6. The molecule has 0 amide bonds. The number of aliphatic hydroxyl groups is 1. The van der Waals surface area contributed by atoms with Crippen LogP contribution in [0.25, 0.3) is 0 Å². The summed E-state index contributed by atoms with van der Waals surface area (Å²) in [6, 6.07) is 1.58. The van der Waals surface area contributed by atoms with Gasteiger partial charge in [0.1, 0.15) is 11.3 Å². The van der Waals surface area contributed by atoms with Crippen LogP contribution >= 0.6 is 11.6 Å². The Labute approximate surface area is 218 Å². The maximum absolute atomic E-state index is 14.2. The van der Waals surface area contributed by atoms with E-state index in [0.29, 0.717) is 38.9 Å². The maximum atomic E-state index is 14.2. The van der Waals surface area contributed by atoms with Gasteiger partial charge in [0.25, 0.3) is 0 Å². The molecule has 3 unspecified atom stereocenters. The van der Waals surface area contributed by atoms with Crippen LogP contribution in [0, 0.1) is 23.7 Å². The van der Waals surface area contributed by atoms with Gasteiger partial charge in [-0.2, -0.15) is 4.98 Å². The smallest absolute Gasteiger partial charge is 0.219 e. The zero-order valence-corrected chi connectivity index (χ0v) is 21.7. The number of ether oxygens (including phenoxy) is 3. The van der Waals surface area contributed by atoms with E-state index in [-0.39, 0.29) is 28.7 Å². The number of nitrogens with zero attached hydrogens (tertiary/aromatic N) is 3. The molecule has 36 heavy (non-hydrogen) atoms. The van der Waals surface area contributed by atoms with Crippen molar-refractivity contribution in [3.63, 3.8) is 0 Å². The van der Waals surface area contributed by atoms with E-state index < -0.39 is 29.3 Å². The van der Waals surface area contributed by atoms with Gasteiger partial charge in [0.05, 0.1) is 30.6 Å². The van der Waals surface area contributed by atoms with Crippen molar-refractivity contribution in [3.05, 3.63) is 17.0 Å². The largest absolute Gasteiger partial charge is 0.459 e. The minimum absolute atomic E-state index is 0.00535. The molecule has 5 rings (SSSR count). The Morgan fingerprint density at radius 2 is 1.89 bits per heavy atom. The molecule has 0 radical (unpaired) electrons. The van der Waals surface area contributed by atoms with Crippen LogP contribution in [0.15, 0.2) is 6.07 Å². The Balaban J connectivity index is 1.41. The molecule has 0 aromatic carbocycles. The normalized spacial score (nSPS) is 32.3. The number of Topliss-reactive ketones (excluding diaryl/α,β-unsaturated/α-hetero) is 1. The van der Waals surface area contributed by atoms with E-state index in [1.54, 1.807) is 0 Å². The lowest BCUT2D eigenvalue weighted by Gasteiger charge is -2.49. The lowest BCUT2D eigenvalue weighted by molar-refractivity contribution is -0.252. The monoisotopic (exact) mass is 517 g/mol. The predicted molar refractivity (Wildman–Crippen MR) is 133 cm³/mol. The van der Waals surface area contributed by atoms with Crippen LogP contribution in [-0.4, -0.2) is 70.5 Å². The highest BCUT2D eigenvalue weighted by atomic mass is 35.5. The van der Waals surface area contributed by atoms with Crippen LogP contribution in [0.2, 0.25) is 5.15 Å². The summed E-state index contributed by atoms with van der Waals surface area (Å²) in [5.74, 6) is 1.45. The third kappa shape index (κ3) is 4.54. The molecular weight excluding hydrogens is 482 g/mol. The molecule has 0 bridgehead atoms. The van der Waals surface area contributed by atoms with Gasteiger partial charge in [-0.05, 0) is 52.1 Å². The molecule has 2 spiro atoms. The Morgan fingerprint density at radius 1 is 1.17 bits per heavy atom. The summed E-state index contributed by atoms with van der Waals surface area (Å²) in [4.78, 5) is 25.2. The number of rotatable bonds is 5. The van der Waals surface area contributed by atoms with Gasteiger partial charge in [-0.15, -0.1) is 6.42 Å². The Morgan fingerprint density at radius 3 is 2.58 bits per heavy atom. The van der Waals surface area contributed by atoms with Crippen LogP contribution in [0.1, 0.15) is 76.1 Å². The summed E-state index contributed by atoms with van der Waals surface area (Å²) in [7, 11) is 2.02. The van der Waals surface area contributed by atoms with Crippen LogP contribution in [-0.2, 0) is 14.3 Å². The van der Waals surface area contributed by atoms with E-state index in [4.69, 9.17) is 32.2 Å². The third-order valence-electron chi connectivity index (χ3n) is 8.69. The van der Waals surface area contributed by atoms with Gasteiger partial charge in [0.2, 0.25) is 5.88 Å². The number of ketones is 1. The summed E-state index contributed by atoms with van der Waals surface area (Å²) in [5.41, 5.74) is -0.760. The Hall–Kier alpha value is -1.76. The Kier molecular flexibility index (Phi) is 7.58. The summed E-state index contributed by atoms with van der Waals surface area (Å²) in [5, 5.41) is 11.6. The number of fused-ring (bicyclic) bond motifs is 1. The lowest BCUT2D eigenvalue weighted by Crippen LogP contribution is -2.57. The quantitative estimate of drug-likeness (QED) is 0.467. The standard InChI is InChI=1S/C27H36ClN3O5/c1-3-20(19-10-8-14-31(19)2)36-22-17-21(28)29-25(30-22)23(32)18-9-4-5-11-26(24(18)33)12-6-7-13-27(26)34-15-16-35-27/h1,17-20,23,32H,4-16H2,2H3/t18?,19-,20-,23?,26?/m0/s1. The first-order chi connectivity index (χ1) is 17.4. The molecule has 2 saturated carbocycles. The number of aliphatic hydroxyl groups excluding tert-OH is 1. The van der Waals surface area contributed by atoms with Crippen molar-refractivity contribution in [2.75, 3.05) is 26.8 Å². The fourth-order valence-corrected chi connectivity index (χ4v) is 7.06. The number of aromatic nitrogens is 2. The van der Waals surface area contributed by atoms with Gasteiger partial charge in [0.15, 0.2) is 23.5 Å². The second-order valence-corrected chi connectivity index (χ2v) is 11.1. The van der Waals surface area contributed by atoms with Crippen molar-refractivity contribution < 1.29 is 24.1 Å². The second kappa shape index (κ2) is 10.5. The van der Waals surface area contributed by atoms with Gasteiger partial charge in [0, 0.05) is 12.5 Å². The number of hydrogen-bond donors (Lipinski definition) is 1. The van der Waals surface area contributed by atoms with Gasteiger partial charge in [-0.3, -0.25) is 9.69 Å². The molecule has 9 heteroatoms. The molecule has 5 atom stereocenters.